The van der Waals surface area contributed by atoms with E-state index in [1.165, 1.54) is 24.0 Å². The van der Waals surface area contributed by atoms with Crippen LogP contribution in [-0.4, -0.2) is 19.5 Å². The number of aromatic nitrogens is 4. The standard InChI is InChI=1S/C26H24N4/c1-3-4-7-19-12-16-21(17-13-19)30-25(20-14-10-18(2)11-15-20)29-24-26(30)28-23-9-6-5-8-22(23)27-24/h5-6,8-17H,3-4,7H2,1-2H3. The summed E-state index contributed by atoms with van der Waals surface area (Å²) in [5.74, 6) is 0.863. The minimum absolute atomic E-state index is 0.666. The fourth-order valence-electron chi connectivity index (χ4n) is 3.79. The second-order valence-corrected chi connectivity index (χ2v) is 7.77. The average molecular weight is 393 g/mol. The number of benzene rings is 3. The van der Waals surface area contributed by atoms with Gasteiger partial charge >= 0.3 is 0 Å². The molecule has 0 N–H and O–H groups in total. The number of unbranched alkanes of at least 4 members (excludes halogenated alkanes) is 1. The zero-order chi connectivity index (χ0) is 20.5. The number of imidazole rings is 1. The first-order valence-corrected chi connectivity index (χ1v) is 10.5. The number of hydrogen-bond acceptors (Lipinski definition) is 3. The lowest BCUT2D eigenvalue weighted by Crippen LogP contribution is -2.00. The fraction of sp³-hybridized carbons (Fsp3) is 0.192. The molecule has 0 saturated carbocycles. The molecule has 0 bridgehead atoms. The zero-order valence-corrected chi connectivity index (χ0v) is 17.3. The topological polar surface area (TPSA) is 43.6 Å². The van der Waals surface area contributed by atoms with Crippen molar-refractivity contribution in [1.82, 2.24) is 19.5 Å². The first-order valence-electron chi connectivity index (χ1n) is 10.5. The van der Waals surface area contributed by atoms with Crippen molar-refractivity contribution in [2.24, 2.45) is 0 Å². The Morgan fingerprint density at radius 3 is 2.17 bits per heavy atom. The Balaban J connectivity index is 1.73. The van der Waals surface area contributed by atoms with Gasteiger partial charge in [-0.1, -0.05) is 67.4 Å². The minimum Gasteiger partial charge on any atom is -0.275 e. The van der Waals surface area contributed by atoms with E-state index in [4.69, 9.17) is 15.0 Å². The molecule has 30 heavy (non-hydrogen) atoms. The molecule has 0 radical (unpaired) electrons. The maximum Gasteiger partial charge on any atom is 0.199 e. The Bertz CT molecular complexity index is 1320. The van der Waals surface area contributed by atoms with Crippen LogP contribution in [0, 0.1) is 6.92 Å². The highest BCUT2D eigenvalue weighted by Crippen LogP contribution is 2.28. The van der Waals surface area contributed by atoms with Gasteiger partial charge < -0.3 is 0 Å². The third-order valence-electron chi connectivity index (χ3n) is 5.49. The first kappa shape index (κ1) is 18.5. The third-order valence-corrected chi connectivity index (χ3v) is 5.49. The van der Waals surface area contributed by atoms with Crippen LogP contribution in [0.25, 0.3) is 39.4 Å². The van der Waals surface area contributed by atoms with Crippen LogP contribution in [0.5, 0.6) is 0 Å². The summed E-state index contributed by atoms with van der Waals surface area (Å²) in [5, 5.41) is 0. The molecule has 0 unspecified atom stereocenters. The molecule has 0 atom stereocenters. The molecule has 148 valence electrons. The molecule has 4 nitrogen and oxygen atoms in total. The number of aryl methyl sites for hydroxylation is 2. The van der Waals surface area contributed by atoms with Crippen LogP contribution in [-0.2, 0) is 6.42 Å². The highest BCUT2D eigenvalue weighted by Gasteiger charge is 2.17. The van der Waals surface area contributed by atoms with E-state index in [1.807, 2.05) is 24.3 Å². The van der Waals surface area contributed by atoms with Crippen molar-refractivity contribution in [2.45, 2.75) is 33.1 Å². The van der Waals surface area contributed by atoms with E-state index < -0.39 is 0 Å². The highest BCUT2D eigenvalue weighted by atomic mass is 15.2. The first-order chi connectivity index (χ1) is 14.7. The molecule has 0 aliphatic rings. The lowest BCUT2D eigenvalue weighted by Gasteiger charge is -2.10. The van der Waals surface area contributed by atoms with Gasteiger partial charge in [0.2, 0.25) is 0 Å². The summed E-state index contributed by atoms with van der Waals surface area (Å²) in [7, 11) is 0. The molecule has 0 amide bonds. The van der Waals surface area contributed by atoms with Gasteiger partial charge in [0, 0.05) is 11.3 Å². The van der Waals surface area contributed by atoms with E-state index >= 15 is 0 Å². The lowest BCUT2D eigenvalue weighted by molar-refractivity contribution is 0.795. The molecule has 3 aromatic carbocycles. The van der Waals surface area contributed by atoms with Crippen LogP contribution >= 0.6 is 0 Å². The molecule has 2 heterocycles. The fourth-order valence-corrected chi connectivity index (χ4v) is 3.79. The molecule has 5 aromatic rings. The SMILES string of the molecule is CCCCc1ccc(-n2c(-c3ccc(C)cc3)nc3nc4ccccc4nc32)cc1. The van der Waals surface area contributed by atoms with Crippen molar-refractivity contribution in [2.75, 3.05) is 0 Å². The van der Waals surface area contributed by atoms with E-state index in [9.17, 15) is 0 Å². The predicted molar refractivity (Wildman–Crippen MR) is 123 cm³/mol. The van der Waals surface area contributed by atoms with Crippen LogP contribution < -0.4 is 0 Å². The van der Waals surface area contributed by atoms with Gasteiger partial charge in [-0.05, 0) is 49.6 Å². The quantitative estimate of drug-likeness (QED) is 0.353. The molecule has 0 spiro atoms. The second-order valence-electron chi connectivity index (χ2n) is 7.77. The van der Waals surface area contributed by atoms with Crippen molar-refractivity contribution < 1.29 is 0 Å². The minimum atomic E-state index is 0.666. The summed E-state index contributed by atoms with van der Waals surface area (Å²) >= 11 is 0. The lowest BCUT2D eigenvalue weighted by atomic mass is 10.1. The Morgan fingerprint density at radius 1 is 0.767 bits per heavy atom. The van der Waals surface area contributed by atoms with Gasteiger partial charge in [-0.15, -0.1) is 0 Å². The summed E-state index contributed by atoms with van der Waals surface area (Å²) in [5.41, 5.74) is 7.88. The van der Waals surface area contributed by atoms with Crippen LogP contribution in [0.1, 0.15) is 30.9 Å². The second kappa shape index (κ2) is 7.71. The average Bonchev–Trinajstić information content (AvgIpc) is 3.15. The number of para-hydroxylation sites is 2. The summed E-state index contributed by atoms with van der Waals surface area (Å²) < 4.78 is 2.13. The van der Waals surface area contributed by atoms with Gasteiger partial charge in [0.1, 0.15) is 5.82 Å². The number of rotatable bonds is 5. The van der Waals surface area contributed by atoms with Crippen molar-refractivity contribution in [1.29, 1.82) is 0 Å². The van der Waals surface area contributed by atoms with Gasteiger partial charge in [0.25, 0.3) is 0 Å². The Kier molecular flexibility index (Phi) is 4.75. The monoisotopic (exact) mass is 392 g/mol. The van der Waals surface area contributed by atoms with Crippen LogP contribution in [0.15, 0.2) is 72.8 Å². The molecule has 0 fully saturated rings. The third kappa shape index (κ3) is 3.35. The van der Waals surface area contributed by atoms with Gasteiger partial charge in [-0.2, -0.15) is 0 Å². The number of fused-ring (bicyclic) bond motifs is 2. The summed E-state index contributed by atoms with van der Waals surface area (Å²) in [6.45, 7) is 4.32. The van der Waals surface area contributed by atoms with Crippen molar-refractivity contribution in [3.8, 4) is 17.1 Å². The Labute approximate surface area is 176 Å². The van der Waals surface area contributed by atoms with Crippen LogP contribution in [0.4, 0.5) is 0 Å². The largest absolute Gasteiger partial charge is 0.275 e. The van der Waals surface area contributed by atoms with E-state index in [2.05, 4.69) is 66.9 Å². The highest BCUT2D eigenvalue weighted by molar-refractivity contribution is 5.86. The van der Waals surface area contributed by atoms with Gasteiger partial charge in [-0.3, -0.25) is 4.57 Å². The van der Waals surface area contributed by atoms with Crippen LogP contribution in [0.3, 0.4) is 0 Å². The number of nitrogens with zero attached hydrogens (tertiary/aromatic N) is 4. The van der Waals surface area contributed by atoms with Crippen LogP contribution in [0.2, 0.25) is 0 Å². The molecule has 5 rings (SSSR count). The molecule has 2 aromatic heterocycles. The number of hydrogen-bond donors (Lipinski definition) is 0. The molecule has 0 aliphatic carbocycles. The van der Waals surface area contributed by atoms with Gasteiger partial charge in [0.05, 0.1) is 11.0 Å². The van der Waals surface area contributed by atoms with E-state index in [-0.39, 0.29) is 0 Å². The van der Waals surface area contributed by atoms with Crippen molar-refractivity contribution >= 4 is 22.3 Å². The summed E-state index contributed by atoms with van der Waals surface area (Å²) in [6, 6.07) is 25.2. The smallest absolute Gasteiger partial charge is 0.199 e. The molecule has 0 saturated heterocycles. The maximum absolute atomic E-state index is 4.93. The Morgan fingerprint density at radius 2 is 1.47 bits per heavy atom. The zero-order valence-electron chi connectivity index (χ0n) is 17.3. The van der Waals surface area contributed by atoms with Gasteiger partial charge in [0.15, 0.2) is 11.3 Å². The van der Waals surface area contributed by atoms with E-state index in [0.29, 0.717) is 5.65 Å². The summed E-state index contributed by atoms with van der Waals surface area (Å²) in [4.78, 5) is 14.6. The van der Waals surface area contributed by atoms with E-state index in [0.717, 1.165) is 40.2 Å². The molecule has 0 aliphatic heterocycles. The molecular weight excluding hydrogens is 368 g/mol. The van der Waals surface area contributed by atoms with Crippen molar-refractivity contribution in [3.05, 3.63) is 83.9 Å². The molecular formula is C26H24N4. The van der Waals surface area contributed by atoms with Crippen molar-refractivity contribution in [3.63, 3.8) is 0 Å². The maximum atomic E-state index is 4.93. The molecule has 4 heteroatoms. The summed E-state index contributed by atoms with van der Waals surface area (Å²) in [6.07, 6.45) is 3.52. The van der Waals surface area contributed by atoms with E-state index in [1.54, 1.807) is 0 Å². The van der Waals surface area contributed by atoms with Gasteiger partial charge in [-0.25, -0.2) is 15.0 Å². The normalized spacial score (nSPS) is 11.4. The predicted octanol–water partition coefficient (Wildman–Crippen LogP) is 6.29. The Hall–Kier alpha value is -3.53.